The van der Waals surface area contributed by atoms with Gasteiger partial charge in [0.1, 0.15) is 6.26 Å². The zero-order valence-corrected chi connectivity index (χ0v) is 8.34. The smallest absolute Gasteiger partial charge is 0.357 e. The van der Waals surface area contributed by atoms with Crippen LogP contribution in [0.15, 0.2) is 10.7 Å². The first-order chi connectivity index (χ1) is 6.59. The summed E-state index contributed by atoms with van der Waals surface area (Å²) in [4.78, 5) is 14.0. The van der Waals surface area contributed by atoms with Crippen LogP contribution < -0.4 is 5.32 Å². The van der Waals surface area contributed by atoms with E-state index in [2.05, 4.69) is 10.3 Å². The number of nitrogens with one attached hydrogen (secondary N) is 1. The van der Waals surface area contributed by atoms with Gasteiger partial charge in [0.15, 0.2) is 5.69 Å². The van der Waals surface area contributed by atoms with Crippen molar-refractivity contribution in [2.45, 2.75) is 0 Å². The van der Waals surface area contributed by atoms with Crippen LogP contribution in [-0.2, 0) is 10.8 Å². The number of aromatic carboxylic acids is 1. The molecule has 78 valence electrons. The van der Waals surface area contributed by atoms with E-state index in [0.717, 1.165) is 6.26 Å². The molecule has 0 aliphatic carbocycles. The van der Waals surface area contributed by atoms with Crippen molar-refractivity contribution in [2.24, 2.45) is 0 Å². The number of carboxylic acids is 1. The third kappa shape index (κ3) is 3.17. The van der Waals surface area contributed by atoms with E-state index in [4.69, 9.17) is 9.52 Å². The summed E-state index contributed by atoms with van der Waals surface area (Å²) in [6.07, 6.45) is 2.63. The molecule has 0 aliphatic heterocycles. The maximum absolute atomic E-state index is 10.7. The predicted octanol–water partition coefficient (Wildman–Crippen LogP) is 0.163. The van der Waals surface area contributed by atoms with Crippen LogP contribution in [0, 0.1) is 0 Å². The highest BCUT2D eigenvalue weighted by atomic mass is 32.2. The van der Waals surface area contributed by atoms with Crippen molar-refractivity contribution in [3.05, 3.63) is 12.0 Å². The molecule has 0 bridgehead atoms. The Bertz CT molecular complexity index is 349. The molecule has 7 heteroatoms. The summed E-state index contributed by atoms with van der Waals surface area (Å²) in [6.45, 7) is 0.433. The summed E-state index contributed by atoms with van der Waals surface area (Å²) in [6, 6.07) is 0.132. The average Bonchev–Trinajstić information content (AvgIpc) is 2.52. The summed E-state index contributed by atoms with van der Waals surface area (Å²) in [5.41, 5.74) is -0.148. The van der Waals surface area contributed by atoms with Crippen molar-refractivity contribution in [3.8, 4) is 0 Å². The summed E-state index contributed by atoms with van der Waals surface area (Å²) in [5, 5.41) is 11.2. The zero-order valence-electron chi connectivity index (χ0n) is 7.52. The van der Waals surface area contributed by atoms with Crippen LogP contribution in [0.1, 0.15) is 10.5 Å². The monoisotopic (exact) mass is 218 g/mol. The van der Waals surface area contributed by atoms with Crippen LogP contribution in [0.25, 0.3) is 0 Å². The van der Waals surface area contributed by atoms with Gasteiger partial charge in [0.2, 0.25) is 0 Å². The number of anilines is 1. The van der Waals surface area contributed by atoms with Crippen molar-refractivity contribution in [1.82, 2.24) is 4.98 Å². The lowest BCUT2D eigenvalue weighted by atomic mass is 10.5. The fourth-order valence-electron chi connectivity index (χ4n) is 0.755. The van der Waals surface area contributed by atoms with E-state index < -0.39 is 16.8 Å². The second-order valence-electron chi connectivity index (χ2n) is 2.55. The summed E-state index contributed by atoms with van der Waals surface area (Å²) in [5.74, 6) is -0.675. The lowest BCUT2D eigenvalue weighted by molar-refractivity contribution is 0.0690. The van der Waals surface area contributed by atoms with Crippen LogP contribution in [-0.4, -0.2) is 38.8 Å². The number of oxazole rings is 1. The average molecular weight is 218 g/mol. The minimum atomic E-state index is -1.14. The Balaban J connectivity index is 2.44. The summed E-state index contributed by atoms with van der Waals surface area (Å²) in [7, 11) is -0.889. The molecule has 0 fully saturated rings. The highest BCUT2D eigenvalue weighted by Gasteiger charge is 2.09. The molecule has 1 atom stereocenters. The molecule has 2 N–H and O–H groups in total. The molecular formula is C7H10N2O4S. The Morgan fingerprint density at radius 1 is 1.79 bits per heavy atom. The van der Waals surface area contributed by atoms with E-state index in [1.165, 1.54) is 0 Å². The zero-order chi connectivity index (χ0) is 10.6. The molecule has 0 aliphatic rings. The Morgan fingerprint density at radius 2 is 2.50 bits per heavy atom. The molecule has 6 nitrogen and oxygen atoms in total. The normalized spacial score (nSPS) is 12.4. The van der Waals surface area contributed by atoms with Crippen molar-refractivity contribution in [2.75, 3.05) is 23.9 Å². The Hall–Kier alpha value is -1.37. The molecule has 1 aromatic heterocycles. The van der Waals surface area contributed by atoms with Crippen LogP contribution in [0.2, 0.25) is 0 Å². The van der Waals surface area contributed by atoms with Gasteiger partial charge in [0.05, 0.1) is 0 Å². The lowest BCUT2D eigenvalue weighted by Gasteiger charge is -1.97. The van der Waals surface area contributed by atoms with Crippen molar-refractivity contribution in [3.63, 3.8) is 0 Å². The number of rotatable bonds is 5. The van der Waals surface area contributed by atoms with Crippen LogP contribution in [0.5, 0.6) is 0 Å². The number of hydrogen-bond donors (Lipinski definition) is 2. The van der Waals surface area contributed by atoms with Crippen LogP contribution in [0.3, 0.4) is 0 Å². The topological polar surface area (TPSA) is 92.4 Å². The molecule has 0 saturated carbocycles. The molecule has 0 saturated heterocycles. The second kappa shape index (κ2) is 4.75. The van der Waals surface area contributed by atoms with Gasteiger partial charge < -0.3 is 14.8 Å². The molecule has 0 aromatic carbocycles. The van der Waals surface area contributed by atoms with E-state index in [9.17, 15) is 9.00 Å². The summed E-state index contributed by atoms with van der Waals surface area (Å²) < 4.78 is 15.5. The van der Waals surface area contributed by atoms with E-state index in [-0.39, 0.29) is 11.7 Å². The fourth-order valence-corrected chi connectivity index (χ4v) is 1.14. The largest absolute Gasteiger partial charge is 0.476 e. The number of aromatic nitrogens is 1. The SMILES string of the molecule is CS(=O)CCNc1nc(C(=O)O)co1. The Kier molecular flexibility index (Phi) is 3.63. The van der Waals surface area contributed by atoms with Gasteiger partial charge in [0.25, 0.3) is 6.01 Å². The summed E-state index contributed by atoms with van der Waals surface area (Å²) >= 11 is 0. The molecule has 0 radical (unpaired) electrons. The lowest BCUT2D eigenvalue weighted by Crippen LogP contribution is -2.10. The molecule has 1 unspecified atom stereocenters. The maximum Gasteiger partial charge on any atom is 0.357 e. The quantitative estimate of drug-likeness (QED) is 0.731. The first kappa shape index (κ1) is 10.7. The second-order valence-corrected chi connectivity index (χ2v) is 4.10. The Labute approximate surface area is 82.8 Å². The highest BCUT2D eigenvalue weighted by molar-refractivity contribution is 7.84. The van der Waals surface area contributed by atoms with Crippen molar-refractivity contribution in [1.29, 1.82) is 0 Å². The van der Waals surface area contributed by atoms with Crippen molar-refractivity contribution >= 4 is 22.8 Å². The maximum atomic E-state index is 10.7. The molecule has 1 rings (SSSR count). The van der Waals surface area contributed by atoms with Crippen molar-refractivity contribution < 1.29 is 18.5 Å². The van der Waals surface area contributed by atoms with Gasteiger partial charge in [-0.05, 0) is 0 Å². The van der Waals surface area contributed by atoms with Gasteiger partial charge in [-0.15, -0.1) is 0 Å². The van der Waals surface area contributed by atoms with E-state index >= 15 is 0 Å². The van der Waals surface area contributed by atoms with Gasteiger partial charge in [0, 0.05) is 29.4 Å². The number of carbonyl (C=O) groups is 1. The Morgan fingerprint density at radius 3 is 3.00 bits per heavy atom. The van der Waals surface area contributed by atoms with E-state index in [1.54, 1.807) is 6.26 Å². The van der Waals surface area contributed by atoms with E-state index in [0.29, 0.717) is 12.3 Å². The molecule has 0 amide bonds. The number of hydrogen-bond acceptors (Lipinski definition) is 5. The number of carboxylic acid groups (broad SMARTS) is 1. The first-order valence-electron chi connectivity index (χ1n) is 3.82. The fraction of sp³-hybridized carbons (Fsp3) is 0.429. The van der Waals surface area contributed by atoms with Gasteiger partial charge in [-0.1, -0.05) is 0 Å². The minimum absolute atomic E-state index is 0.132. The van der Waals surface area contributed by atoms with Crippen LogP contribution in [0.4, 0.5) is 6.01 Å². The van der Waals surface area contributed by atoms with Gasteiger partial charge in [-0.2, -0.15) is 4.98 Å². The highest BCUT2D eigenvalue weighted by Crippen LogP contribution is 2.06. The first-order valence-corrected chi connectivity index (χ1v) is 5.55. The molecule has 1 heterocycles. The predicted molar refractivity (Wildman–Crippen MR) is 50.9 cm³/mol. The third-order valence-electron chi connectivity index (χ3n) is 1.39. The minimum Gasteiger partial charge on any atom is -0.476 e. The molecule has 1 aromatic rings. The van der Waals surface area contributed by atoms with Gasteiger partial charge in [-0.3, -0.25) is 4.21 Å². The molecule has 14 heavy (non-hydrogen) atoms. The third-order valence-corrected chi connectivity index (χ3v) is 2.17. The standard InChI is InChI=1S/C7H10N2O4S/c1-14(12)3-2-8-7-9-5(4-13-7)6(10)11/h4H,2-3H2,1H3,(H,8,9)(H,10,11). The molecular weight excluding hydrogens is 208 g/mol. The number of nitrogens with zero attached hydrogens (tertiary/aromatic N) is 1. The van der Waals surface area contributed by atoms with Crippen LogP contribution >= 0.6 is 0 Å². The van der Waals surface area contributed by atoms with Gasteiger partial charge >= 0.3 is 5.97 Å². The van der Waals surface area contributed by atoms with Gasteiger partial charge in [-0.25, -0.2) is 4.79 Å². The molecule has 0 spiro atoms. The van der Waals surface area contributed by atoms with E-state index in [1.807, 2.05) is 0 Å².